The summed E-state index contributed by atoms with van der Waals surface area (Å²) >= 11 is 0. The first-order chi connectivity index (χ1) is 7.00. The molecule has 0 bridgehead atoms. The Hall–Kier alpha value is -1.59. The van der Waals surface area contributed by atoms with Crippen LogP contribution in [0.1, 0.15) is 19.3 Å². The van der Waals surface area contributed by atoms with E-state index in [1.165, 1.54) is 4.90 Å². The van der Waals surface area contributed by atoms with Crippen molar-refractivity contribution in [1.29, 1.82) is 0 Å². The highest BCUT2D eigenvalue weighted by atomic mass is 16.4. The maximum absolute atomic E-state index is 11.1. The molecule has 1 aliphatic heterocycles. The van der Waals surface area contributed by atoms with Gasteiger partial charge in [-0.15, -0.1) is 0 Å². The molecule has 15 heavy (non-hydrogen) atoms. The topological polar surface area (TPSA) is 101 Å². The average Bonchev–Trinajstić information content (AvgIpc) is 2.17. The van der Waals surface area contributed by atoms with E-state index in [9.17, 15) is 14.4 Å². The molecule has 6 nitrogen and oxygen atoms in total. The van der Waals surface area contributed by atoms with E-state index in [0.29, 0.717) is 32.4 Å². The fourth-order valence-electron chi connectivity index (χ4n) is 1.76. The molecular formula is C9H14N2O4. The summed E-state index contributed by atoms with van der Waals surface area (Å²) in [7, 11) is 0. The van der Waals surface area contributed by atoms with Gasteiger partial charge in [-0.2, -0.15) is 0 Å². The number of carbonyl (C=O) groups excluding carboxylic acids is 2. The van der Waals surface area contributed by atoms with Crippen LogP contribution in [0.25, 0.3) is 0 Å². The summed E-state index contributed by atoms with van der Waals surface area (Å²) in [5.74, 6) is -2.46. The smallest absolute Gasteiger partial charge is 0.394 e. The number of hydrogen-bond donors (Lipinski definition) is 2. The lowest BCUT2D eigenvalue weighted by Gasteiger charge is -2.30. The molecule has 0 aliphatic carbocycles. The zero-order valence-corrected chi connectivity index (χ0v) is 8.31. The fraction of sp³-hybridized carbons (Fsp3) is 0.667. The number of primary amides is 1. The Labute approximate surface area is 87.0 Å². The number of amides is 2. The molecule has 1 aliphatic rings. The third-order valence-corrected chi connectivity index (χ3v) is 2.57. The van der Waals surface area contributed by atoms with E-state index in [0.717, 1.165) is 0 Å². The van der Waals surface area contributed by atoms with Crippen LogP contribution in [-0.2, 0) is 14.4 Å². The Kier molecular flexibility index (Phi) is 3.65. The van der Waals surface area contributed by atoms with Crippen molar-refractivity contribution in [2.75, 3.05) is 13.1 Å². The Bertz CT molecular complexity index is 282. The molecule has 0 aromatic heterocycles. The zero-order chi connectivity index (χ0) is 11.4. The lowest BCUT2D eigenvalue weighted by molar-refractivity contribution is -0.156. The number of hydrogen-bond acceptors (Lipinski definition) is 3. The van der Waals surface area contributed by atoms with Gasteiger partial charge in [0.1, 0.15) is 0 Å². The molecule has 1 rings (SSSR count). The van der Waals surface area contributed by atoms with Gasteiger partial charge in [0, 0.05) is 19.5 Å². The number of carboxylic acids is 1. The van der Waals surface area contributed by atoms with Crippen LogP contribution in [0, 0.1) is 5.92 Å². The van der Waals surface area contributed by atoms with Crippen molar-refractivity contribution in [2.45, 2.75) is 19.3 Å². The minimum Gasteiger partial charge on any atom is -0.474 e. The van der Waals surface area contributed by atoms with Crippen molar-refractivity contribution in [2.24, 2.45) is 11.7 Å². The number of nitrogens with two attached hydrogens (primary N) is 1. The van der Waals surface area contributed by atoms with Gasteiger partial charge in [0.25, 0.3) is 0 Å². The van der Waals surface area contributed by atoms with E-state index in [-0.39, 0.29) is 11.8 Å². The van der Waals surface area contributed by atoms with Crippen molar-refractivity contribution >= 4 is 17.8 Å². The number of piperidine rings is 1. The molecule has 0 saturated carbocycles. The predicted octanol–water partition coefficient (Wildman–Crippen LogP) is -0.815. The Morgan fingerprint density at radius 1 is 1.27 bits per heavy atom. The molecule has 0 spiro atoms. The Morgan fingerprint density at radius 3 is 2.20 bits per heavy atom. The first-order valence-electron chi connectivity index (χ1n) is 4.81. The van der Waals surface area contributed by atoms with Gasteiger partial charge in [0.15, 0.2) is 0 Å². The summed E-state index contributed by atoms with van der Waals surface area (Å²) in [6, 6.07) is 0. The quantitative estimate of drug-likeness (QED) is 0.587. The van der Waals surface area contributed by atoms with E-state index >= 15 is 0 Å². The number of nitrogens with zero attached hydrogens (tertiary/aromatic N) is 1. The minimum atomic E-state index is -1.43. The summed E-state index contributed by atoms with van der Waals surface area (Å²) in [6.45, 7) is 0.784. The third kappa shape index (κ3) is 3.23. The molecule has 0 radical (unpaired) electrons. The van der Waals surface area contributed by atoms with Crippen LogP contribution in [0.15, 0.2) is 0 Å². The summed E-state index contributed by atoms with van der Waals surface area (Å²) in [5, 5.41) is 8.48. The standard InChI is InChI=1S/C9H14N2O4/c10-7(12)5-6-1-3-11(4-2-6)8(13)9(14)15/h6H,1-5H2,(H2,10,12)(H,14,15). The van der Waals surface area contributed by atoms with Gasteiger partial charge in [0.05, 0.1) is 0 Å². The van der Waals surface area contributed by atoms with Crippen molar-refractivity contribution < 1.29 is 19.5 Å². The predicted molar refractivity (Wildman–Crippen MR) is 50.8 cm³/mol. The van der Waals surface area contributed by atoms with Crippen LogP contribution in [0.2, 0.25) is 0 Å². The lowest BCUT2D eigenvalue weighted by atomic mass is 9.93. The number of carboxylic acid groups (broad SMARTS) is 1. The molecule has 1 heterocycles. The third-order valence-electron chi connectivity index (χ3n) is 2.57. The first kappa shape index (κ1) is 11.5. The maximum atomic E-state index is 11.1. The van der Waals surface area contributed by atoms with Gasteiger partial charge in [-0.1, -0.05) is 0 Å². The summed E-state index contributed by atoms with van der Waals surface area (Å²) in [4.78, 5) is 33.4. The van der Waals surface area contributed by atoms with Crippen molar-refractivity contribution in [1.82, 2.24) is 4.90 Å². The summed E-state index contributed by atoms with van der Waals surface area (Å²) < 4.78 is 0. The molecule has 0 aromatic carbocycles. The number of likely N-dealkylation sites (tertiary alicyclic amines) is 1. The van der Waals surface area contributed by atoms with Gasteiger partial charge in [0.2, 0.25) is 5.91 Å². The van der Waals surface area contributed by atoms with Gasteiger partial charge in [-0.25, -0.2) is 4.79 Å². The van der Waals surface area contributed by atoms with Gasteiger partial charge in [-0.3, -0.25) is 9.59 Å². The second-order valence-corrected chi connectivity index (χ2v) is 3.71. The van der Waals surface area contributed by atoms with Crippen LogP contribution in [-0.4, -0.2) is 40.9 Å². The van der Waals surface area contributed by atoms with Gasteiger partial charge >= 0.3 is 11.9 Å². The monoisotopic (exact) mass is 214 g/mol. The van der Waals surface area contributed by atoms with Crippen LogP contribution in [0.4, 0.5) is 0 Å². The van der Waals surface area contributed by atoms with E-state index < -0.39 is 11.9 Å². The number of rotatable bonds is 2. The highest BCUT2D eigenvalue weighted by Crippen LogP contribution is 2.19. The normalized spacial score (nSPS) is 17.5. The van der Waals surface area contributed by atoms with Crippen LogP contribution in [0.3, 0.4) is 0 Å². The summed E-state index contributed by atoms with van der Waals surface area (Å²) in [6.07, 6.45) is 1.60. The Balaban J connectivity index is 2.39. The first-order valence-corrected chi connectivity index (χ1v) is 4.81. The molecule has 6 heteroatoms. The molecule has 0 unspecified atom stereocenters. The molecule has 0 atom stereocenters. The second-order valence-electron chi connectivity index (χ2n) is 3.71. The van der Waals surface area contributed by atoms with Crippen molar-refractivity contribution in [3.8, 4) is 0 Å². The largest absolute Gasteiger partial charge is 0.474 e. The highest BCUT2D eigenvalue weighted by molar-refractivity contribution is 6.31. The molecule has 1 saturated heterocycles. The molecule has 2 amide bonds. The minimum absolute atomic E-state index is 0.181. The van der Waals surface area contributed by atoms with E-state index in [4.69, 9.17) is 10.8 Å². The van der Waals surface area contributed by atoms with Crippen molar-refractivity contribution in [3.63, 3.8) is 0 Å². The van der Waals surface area contributed by atoms with Gasteiger partial charge in [-0.05, 0) is 18.8 Å². The van der Waals surface area contributed by atoms with Crippen LogP contribution < -0.4 is 5.73 Å². The highest BCUT2D eigenvalue weighted by Gasteiger charge is 2.26. The van der Waals surface area contributed by atoms with Crippen LogP contribution in [0.5, 0.6) is 0 Å². The van der Waals surface area contributed by atoms with Crippen molar-refractivity contribution in [3.05, 3.63) is 0 Å². The lowest BCUT2D eigenvalue weighted by Crippen LogP contribution is -2.42. The molecule has 0 aromatic rings. The van der Waals surface area contributed by atoms with E-state index in [2.05, 4.69) is 0 Å². The van der Waals surface area contributed by atoms with E-state index in [1.54, 1.807) is 0 Å². The molecule has 84 valence electrons. The van der Waals surface area contributed by atoms with E-state index in [1.807, 2.05) is 0 Å². The number of aliphatic carboxylic acids is 1. The average molecular weight is 214 g/mol. The zero-order valence-electron chi connectivity index (χ0n) is 8.31. The second kappa shape index (κ2) is 4.77. The molecular weight excluding hydrogens is 200 g/mol. The van der Waals surface area contributed by atoms with Crippen LogP contribution >= 0.6 is 0 Å². The molecule has 3 N–H and O–H groups in total. The Morgan fingerprint density at radius 2 is 1.80 bits per heavy atom. The maximum Gasteiger partial charge on any atom is 0.394 e. The van der Waals surface area contributed by atoms with Gasteiger partial charge < -0.3 is 15.7 Å². The fourth-order valence-corrected chi connectivity index (χ4v) is 1.76. The summed E-state index contributed by atoms with van der Waals surface area (Å²) in [5.41, 5.74) is 5.05. The number of carbonyl (C=O) groups is 3. The molecule has 1 fully saturated rings. The SMILES string of the molecule is NC(=O)CC1CCN(C(=O)C(=O)O)CC1.